The lowest BCUT2D eigenvalue weighted by Crippen LogP contribution is -2.24. The molecule has 6 heteroatoms. The van der Waals surface area contributed by atoms with E-state index in [2.05, 4.69) is 5.32 Å². The topological polar surface area (TPSA) is 85.1 Å². The maximum absolute atomic E-state index is 12.1. The summed E-state index contributed by atoms with van der Waals surface area (Å²) in [5.74, 6) is -0.627. The molecule has 0 radical (unpaired) electrons. The first-order chi connectivity index (χ1) is 11.6. The van der Waals surface area contributed by atoms with Gasteiger partial charge in [-0.2, -0.15) is 0 Å². The number of carbonyl (C=O) groups excluding carboxylic acids is 2. The summed E-state index contributed by atoms with van der Waals surface area (Å²) in [7, 11) is 0. The van der Waals surface area contributed by atoms with E-state index in [0.717, 1.165) is 19.3 Å². The van der Waals surface area contributed by atoms with Crippen LogP contribution in [0.3, 0.4) is 0 Å². The highest BCUT2D eigenvalue weighted by Crippen LogP contribution is 2.27. The van der Waals surface area contributed by atoms with Gasteiger partial charge in [-0.15, -0.1) is 11.3 Å². The standard InChI is InChI=1S/C18H21N3O2S/c19-17(22)12-7-9-13(10-8-12)18(23)20-11-3-6-16-21-14-4-1-2-5-15(14)24-16/h7-10H,1-6,11H2,(H2,19,22)(H,20,23). The molecule has 0 bridgehead atoms. The minimum atomic E-state index is -0.492. The normalized spacial score (nSPS) is 13.3. The van der Waals surface area contributed by atoms with Crippen LogP contribution in [0.4, 0.5) is 0 Å². The first-order valence-corrected chi connectivity index (χ1v) is 9.10. The molecule has 1 aliphatic rings. The third kappa shape index (κ3) is 4.00. The largest absolute Gasteiger partial charge is 0.366 e. The van der Waals surface area contributed by atoms with Crippen molar-refractivity contribution in [1.82, 2.24) is 10.3 Å². The summed E-state index contributed by atoms with van der Waals surface area (Å²) in [5.41, 5.74) is 7.41. The van der Waals surface area contributed by atoms with Gasteiger partial charge >= 0.3 is 0 Å². The van der Waals surface area contributed by atoms with Gasteiger partial charge in [0.15, 0.2) is 0 Å². The van der Waals surface area contributed by atoms with Crippen molar-refractivity contribution in [1.29, 1.82) is 0 Å². The van der Waals surface area contributed by atoms with Gasteiger partial charge in [-0.25, -0.2) is 4.98 Å². The van der Waals surface area contributed by atoms with Crippen molar-refractivity contribution in [3.8, 4) is 0 Å². The van der Waals surface area contributed by atoms with Crippen LogP contribution in [0.2, 0.25) is 0 Å². The fraction of sp³-hybridized carbons (Fsp3) is 0.389. The van der Waals surface area contributed by atoms with Crippen molar-refractivity contribution in [2.45, 2.75) is 38.5 Å². The molecule has 5 nitrogen and oxygen atoms in total. The summed E-state index contributed by atoms with van der Waals surface area (Å²) in [6, 6.07) is 6.36. The van der Waals surface area contributed by atoms with Crippen molar-refractivity contribution in [2.24, 2.45) is 5.73 Å². The number of amides is 2. The monoisotopic (exact) mass is 343 g/mol. The summed E-state index contributed by atoms with van der Waals surface area (Å²) in [6.45, 7) is 0.612. The van der Waals surface area contributed by atoms with Crippen LogP contribution in [-0.2, 0) is 19.3 Å². The van der Waals surface area contributed by atoms with E-state index in [1.165, 1.54) is 34.8 Å². The van der Waals surface area contributed by atoms with Gasteiger partial charge in [0, 0.05) is 29.0 Å². The average molecular weight is 343 g/mol. The molecule has 1 aromatic carbocycles. The van der Waals surface area contributed by atoms with Crippen molar-refractivity contribution >= 4 is 23.2 Å². The number of rotatable bonds is 6. The number of hydrogen-bond donors (Lipinski definition) is 2. The Morgan fingerprint density at radius 3 is 2.54 bits per heavy atom. The second kappa shape index (κ2) is 7.57. The van der Waals surface area contributed by atoms with Crippen LogP contribution in [0, 0.1) is 0 Å². The summed E-state index contributed by atoms with van der Waals surface area (Å²) in [6.07, 6.45) is 6.59. The zero-order valence-electron chi connectivity index (χ0n) is 13.5. The number of thiazole rings is 1. The molecule has 0 aliphatic heterocycles. The molecule has 0 unspecified atom stereocenters. The van der Waals surface area contributed by atoms with Crippen LogP contribution < -0.4 is 11.1 Å². The molecular weight excluding hydrogens is 322 g/mol. The molecule has 1 aliphatic carbocycles. The lowest BCUT2D eigenvalue weighted by molar-refractivity contribution is 0.0950. The van der Waals surface area contributed by atoms with Crippen LogP contribution in [-0.4, -0.2) is 23.3 Å². The van der Waals surface area contributed by atoms with E-state index in [4.69, 9.17) is 10.7 Å². The SMILES string of the molecule is NC(=O)c1ccc(C(=O)NCCCc2nc3c(s2)CCCC3)cc1. The summed E-state index contributed by atoms with van der Waals surface area (Å²) in [4.78, 5) is 29.2. The van der Waals surface area contributed by atoms with Crippen molar-refractivity contribution in [3.63, 3.8) is 0 Å². The highest BCUT2D eigenvalue weighted by Gasteiger charge is 2.14. The Balaban J connectivity index is 1.45. The maximum Gasteiger partial charge on any atom is 0.251 e. The molecule has 126 valence electrons. The van der Waals surface area contributed by atoms with E-state index < -0.39 is 5.91 Å². The molecule has 2 amide bonds. The maximum atomic E-state index is 12.1. The van der Waals surface area contributed by atoms with E-state index >= 15 is 0 Å². The number of nitrogens with one attached hydrogen (secondary N) is 1. The number of fused-ring (bicyclic) bond motifs is 1. The lowest BCUT2D eigenvalue weighted by Gasteiger charge is -2.06. The van der Waals surface area contributed by atoms with Gasteiger partial charge in [0.05, 0.1) is 10.7 Å². The molecular formula is C18H21N3O2S. The Morgan fingerprint density at radius 2 is 1.83 bits per heavy atom. The van der Waals surface area contributed by atoms with Crippen LogP contribution >= 0.6 is 11.3 Å². The third-order valence-corrected chi connectivity index (χ3v) is 5.39. The number of aromatic nitrogens is 1. The molecule has 0 spiro atoms. The van der Waals surface area contributed by atoms with Crippen LogP contribution in [0.1, 0.15) is 55.6 Å². The zero-order valence-corrected chi connectivity index (χ0v) is 14.3. The number of nitrogens with two attached hydrogens (primary N) is 1. The van der Waals surface area contributed by atoms with Gasteiger partial charge in [-0.1, -0.05) is 0 Å². The lowest BCUT2D eigenvalue weighted by atomic mass is 10.0. The zero-order chi connectivity index (χ0) is 16.9. The molecule has 0 saturated carbocycles. The van der Waals surface area contributed by atoms with Gasteiger partial charge < -0.3 is 11.1 Å². The minimum absolute atomic E-state index is 0.135. The Morgan fingerprint density at radius 1 is 1.12 bits per heavy atom. The summed E-state index contributed by atoms with van der Waals surface area (Å²) < 4.78 is 0. The number of benzene rings is 1. The number of aryl methyl sites for hydroxylation is 3. The minimum Gasteiger partial charge on any atom is -0.366 e. The first-order valence-electron chi connectivity index (χ1n) is 8.29. The fourth-order valence-corrected chi connectivity index (χ4v) is 4.04. The summed E-state index contributed by atoms with van der Waals surface area (Å²) >= 11 is 1.83. The Hall–Kier alpha value is -2.21. The van der Waals surface area contributed by atoms with Gasteiger partial charge in [0.1, 0.15) is 0 Å². The Bertz CT molecular complexity index is 714. The van der Waals surface area contributed by atoms with Gasteiger partial charge in [0.2, 0.25) is 5.91 Å². The van der Waals surface area contributed by atoms with Crippen molar-refractivity contribution in [2.75, 3.05) is 6.54 Å². The number of nitrogens with zero attached hydrogens (tertiary/aromatic N) is 1. The quantitative estimate of drug-likeness (QED) is 0.790. The highest BCUT2D eigenvalue weighted by atomic mass is 32.1. The third-order valence-electron chi connectivity index (χ3n) is 4.17. The molecule has 2 aromatic rings. The Kier molecular flexibility index (Phi) is 5.25. The predicted octanol–water partition coefficient (Wildman–Crippen LogP) is 2.48. The molecule has 1 heterocycles. The van der Waals surface area contributed by atoms with Crippen LogP contribution in [0.15, 0.2) is 24.3 Å². The smallest absolute Gasteiger partial charge is 0.251 e. The second-order valence-electron chi connectivity index (χ2n) is 5.99. The molecule has 1 aromatic heterocycles. The molecule has 0 saturated heterocycles. The molecule has 3 N–H and O–H groups in total. The molecule has 24 heavy (non-hydrogen) atoms. The Labute approximate surface area is 145 Å². The van der Waals surface area contributed by atoms with E-state index in [1.807, 2.05) is 11.3 Å². The molecule has 0 atom stereocenters. The van der Waals surface area contributed by atoms with Crippen molar-refractivity contribution < 1.29 is 9.59 Å². The predicted molar refractivity (Wildman–Crippen MR) is 94.4 cm³/mol. The van der Waals surface area contributed by atoms with E-state index in [-0.39, 0.29) is 5.91 Å². The van der Waals surface area contributed by atoms with Crippen LogP contribution in [0.25, 0.3) is 0 Å². The molecule has 0 fully saturated rings. The summed E-state index contributed by atoms with van der Waals surface area (Å²) in [5, 5.41) is 4.08. The number of hydrogen-bond acceptors (Lipinski definition) is 4. The van der Waals surface area contributed by atoms with Crippen LogP contribution in [0.5, 0.6) is 0 Å². The molecule has 3 rings (SSSR count). The van der Waals surface area contributed by atoms with Crippen molar-refractivity contribution in [3.05, 3.63) is 51.0 Å². The van der Waals surface area contributed by atoms with E-state index in [9.17, 15) is 9.59 Å². The van der Waals surface area contributed by atoms with E-state index in [0.29, 0.717) is 17.7 Å². The first kappa shape index (κ1) is 16.6. The van der Waals surface area contributed by atoms with E-state index in [1.54, 1.807) is 24.3 Å². The number of carbonyl (C=O) groups is 2. The highest BCUT2D eigenvalue weighted by molar-refractivity contribution is 7.11. The second-order valence-corrected chi connectivity index (χ2v) is 7.15. The van der Waals surface area contributed by atoms with Gasteiger partial charge in [-0.05, 0) is 56.4 Å². The van der Waals surface area contributed by atoms with Gasteiger partial charge in [0.25, 0.3) is 5.91 Å². The average Bonchev–Trinajstić information content (AvgIpc) is 3.01. The number of primary amides is 1. The fourth-order valence-electron chi connectivity index (χ4n) is 2.84. The van der Waals surface area contributed by atoms with Gasteiger partial charge in [-0.3, -0.25) is 9.59 Å².